The normalized spacial score (nSPS) is 21.9. The summed E-state index contributed by atoms with van der Waals surface area (Å²) in [7, 11) is 0. The van der Waals surface area contributed by atoms with Gasteiger partial charge in [-0.05, 0) is 40.4 Å². The zero-order chi connectivity index (χ0) is 20.1. The van der Waals surface area contributed by atoms with Crippen molar-refractivity contribution in [3.05, 3.63) is 28.7 Å². The van der Waals surface area contributed by atoms with E-state index in [2.05, 4.69) is 40.0 Å². The predicted octanol–water partition coefficient (Wildman–Crippen LogP) is 2.67. The van der Waals surface area contributed by atoms with Gasteiger partial charge in [-0.3, -0.25) is 14.5 Å². The monoisotopic (exact) mass is 451 g/mol. The summed E-state index contributed by atoms with van der Waals surface area (Å²) in [6.07, 6.45) is 1.30. The zero-order valence-electron chi connectivity index (χ0n) is 16.7. The average molecular weight is 452 g/mol. The summed E-state index contributed by atoms with van der Waals surface area (Å²) in [4.78, 5) is 29.4. The third-order valence-electron chi connectivity index (χ3n) is 5.46. The Morgan fingerprint density at radius 3 is 2.68 bits per heavy atom. The summed E-state index contributed by atoms with van der Waals surface area (Å²) >= 11 is 3.50. The van der Waals surface area contributed by atoms with Crippen LogP contribution in [0.3, 0.4) is 0 Å². The first kappa shape index (κ1) is 21.3. The summed E-state index contributed by atoms with van der Waals surface area (Å²) < 4.78 is 6.33. The number of benzene rings is 1. The lowest BCUT2D eigenvalue weighted by Gasteiger charge is -2.35. The third-order valence-corrected chi connectivity index (χ3v) is 6.13. The molecule has 0 radical (unpaired) electrons. The van der Waals surface area contributed by atoms with E-state index in [1.807, 2.05) is 24.3 Å². The molecule has 0 saturated carbocycles. The number of nitrogens with zero attached hydrogens (tertiary/aromatic N) is 2. The van der Waals surface area contributed by atoms with Gasteiger partial charge >= 0.3 is 0 Å². The smallest absolute Gasteiger partial charge is 0.227 e. The van der Waals surface area contributed by atoms with Crippen molar-refractivity contribution in [2.24, 2.45) is 11.8 Å². The fourth-order valence-corrected chi connectivity index (χ4v) is 4.50. The van der Waals surface area contributed by atoms with Crippen molar-refractivity contribution >= 4 is 33.4 Å². The van der Waals surface area contributed by atoms with E-state index in [0.717, 1.165) is 42.9 Å². The Morgan fingerprint density at radius 1 is 1.29 bits per heavy atom. The average Bonchev–Trinajstić information content (AvgIpc) is 3.07. The van der Waals surface area contributed by atoms with E-state index >= 15 is 0 Å². The Morgan fingerprint density at radius 2 is 2.00 bits per heavy atom. The van der Waals surface area contributed by atoms with E-state index in [1.165, 1.54) is 0 Å². The van der Waals surface area contributed by atoms with Crippen molar-refractivity contribution in [2.45, 2.75) is 32.7 Å². The van der Waals surface area contributed by atoms with Crippen LogP contribution in [0.2, 0.25) is 0 Å². The van der Waals surface area contributed by atoms with Gasteiger partial charge in [0.2, 0.25) is 11.8 Å². The summed E-state index contributed by atoms with van der Waals surface area (Å²) in [5.41, 5.74) is 0.828. The molecule has 3 rings (SSSR count). The minimum atomic E-state index is -0.302. The topological polar surface area (TPSA) is 61.9 Å². The van der Waals surface area contributed by atoms with Gasteiger partial charge in [-0.1, -0.05) is 26.0 Å². The fraction of sp³-hybridized carbons (Fsp3) is 0.619. The highest BCUT2D eigenvalue weighted by atomic mass is 79.9. The molecule has 7 heteroatoms. The molecular weight excluding hydrogens is 422 g/mol. The maximum absolute atomic E-state index is 12.8. The molecule has 2 amide bonds. The number of nitrogens with one attached hydrogen (secondary N) is 1. The van der Waals surface area contributed by atoms with Crippen LogP contribution in [0.4, 0.5) is 5.69 Å². The van der Waals surface area contributed by atoms with Gasteiger partial charge in [0, 0.05) is 43.1 Å². The number of rotatable bonds is 7. The number of carbonyl (C=O) groups is 2. The van der Waals surface area contributed by atoms with Gasteiger partial charge in [0.25, 0.3) is 0 Å². The van der Waals surface area contributed by atoms with Gasteiger partial charge in [0.1, 0.15) is 0 Å². The molecule has 0 spiro atoms. The van der Waals surface area contributed by atoms with Crippen LogP contribution in [0.15, 0.2) is 28.7 Å². The molecule has 6 nitrogen and oxygen atoms in total. The standard InChI is InChI=1S/C21H30BrN3O3/c1-15(2)11-17(24-7-9-28-10-8-24)13-23-21(27)16-12-20(26)25(14-16)19-6-4-3-5-18(19)22/h3-6,15-17H,7-14H2,1-2H3,(H,23,27). The number of hydrogen-bond acceptors (Lipinski definition) is 4. The molecule has 154 valence electrons. The molecule has 28 heavy (non-hydrogen) atoms. The highest BCUT2D eigenvalue weighted by Crippen LogP contribution is 2.31. The lowest BCUT2D eigenvalue weighted by atomic mass is 10.0. The van der Waals surface area contributed by atoms with E-state index < -0.39 is 0 Å². The summed E-state index contributed by atoms with van der Waals surface area (Å²) in [5, 5.41) is 3.12. The van der Waals surface area contributed by atoms with E-state index in [4.69, 9.17) is 4.74 Å². The molecule has 0 aliphatic carbocycles. The first-order chi connectivity index (χ1) is 13.5. The number of amides is 2. The highest BCUT2D eigenvalue weighted by molar-refractivity contribution is 9.10. The number of carbonyl (C=O) groups excluding carboxylic acids is 2. The van der Waals surface area contributed by atoms with Crippen LogP contribution in [0.1, 0.15) is 26.7 Å². The third kappa shape index (κ3) is 5.33. The molecule has 2 aliphatic heterocycles. The van der Waals surface area contributed by atoms with E-state index in [-0.39, 0.29) is 24.2 Å². The summed E-state index contributed by atoms with van der Waals surface area (Å²) in [6.45, 7) is 8.79. The van der Waals surface area contributed by atoms with Gasteiger partial charge in [-0.2, -0.15) is 0 Å². The van der Waals surface area contributed by atoms with Crippen molar-refractivity contribution in [2.75, 3.05) is 44.3 Å². The van der Waals surface area contributed by atoms with Crippen molar-refractivity contribution in [3.63, 3.8) is 0 Å². The van der Waals surface area contributed by atoms with Crippen molar-refractivity contribution in [3.8, 4) is 0 Å². The van der Waals surface area contributed by atoms with Gasteiger partial charge in [0.05, 0.1) is 24.8 Å². The molecule has 2 atom stereocenters. The second-order valence-corrected chi connectivity index (χ2v) is 8.89. The van der Waals surface area contributed by atoms with Crippen LogP contribution in [0.25, 0.3) is 0 Å². The number of para-hydroxylation sites is 1. The lowest BCUT2D eigenvalue weighted by molar-refractivity contribution is -0.126. The number of hydrogen-bond donors (Lipinski definition) is 1. The SMILES string of the molecule is CC(C)CC(CNC(=O)C1CC(=O)N(c2ccccc2Br)C1)N1CCOCC1. The zero-order valence-corrected chi connectivity index (χ0v) is 18.3. The molecule has 0 bridgehead atoms. The largest absolute Gasteiger partial charge is 0.379 e. The Hall–Kier alpha value is -1.44. The maximum Gasteiger partial charge on any atom is 0.227 e. The first-order valence-corrected chi connectivity index (χ1v) is 10.9. The molecule has 2 aliphatic rings. The van der Waals surface area contributed by atoms with Crippen LogP contribution in [0, 0.1) is 11.8 Å². The molecule has 1 aromatic rings. The van der Waals surface area contributed by atoms with E-state index in [9.17, 15) is 9.59 Å². The maximum atomic E-state index is 12.8. The second kappa shape index (κ2) is 9.85. The Labute approximate surface area is 175 Å². The van der Waals surface area contributed by atoms with Gasteiger partial charge in [-0.25, -0.2) is 0 Å². The molecule has 2 unspecified atom stereocenters. The Bertz CT molecular complexity index is 691. The van der Waals surface area contributed by atoms with Crippen LogP contribution in [-0.2, 0) is 14.3 Å². The van der Waals surface area contributed by atoms with Crippen molar-refractivity contribution in [1.82, 2.24) is 10.2 Å². The minimum absolute atomic E-state index is 0.000963. The first-order valence-electron chi connectivity index (χ1n) is 10.1. The van der Waals surface area contributed by atoms with Gasteiger partial charge < -0.3 is 15.0 Å². The molecule has 2 saturated heterocycles. The lowest BCUT2D eigenvalue weighted by Crippen LogP contribution is -2.50. The Balaban J connectivity index is 1.57. The van der Waals surface area contributed by atoms with E-state index in [1.54, 1.807) is 4.90 Å². The number of anilines is 1. The molecule has 1 aromatic carbocycles. The second-order valence-electron chi connectivity index (χ2n) is 8.03. The van der Waals surface area contributed by atoms with Crippen LogP contribution < -0.4 is 10.2 Å². The van der Waals surface area contributed by atoms with Crippen LogP contribution in [0.5, 0.6) is 0 Å². The van der Waals surface area contributed by atoms with E-state index in [0.29, 0.717) is 25.0 Å². The van der Waals surface area contributed by atoms with Gasteiger partial charge in [0.15, 0.2) is 0 Å². The Kier molecular flexibility index (Phi) is 7.48. The predicted molar refractivity (Wildman–Crippen MR) is 113 cm³/mol. The van der Waals surface area contributed by atoms with Crippen LogP contribution in [-0.4, -0.2) is 62.1 Å². The molecule has 1 N–H and O–H groups in total. The van der Waals surface area contributed by atoms with Crippen molar-refractivity contribution in [1.29, 1.82) is 0 Å². The summed E-state index contributed by atoms with van der Waals surface area (Å²) in [5.74, 6) is 0.233. The molecule has 2 heterocycles. The number of ether oxygens (including phenoxy) is 1. The fourth-order valence-electron chi connectivity index (χ4n) is 4.00. The highest BCUT2D eigenvalue weighted by Gasteiger charge is 2.36. The summed E-state index contributed by atoms with van der Waals surface area (Å²) in [6, 6.07) is 7.94. The number of halogens is 1. The quantitative estimate of drug-likeness (QED) is 0.691. The molecular formula is C21H30BrN3O3. The molecule has 2 fully saturated rings. The van der Waals surface area contributed by atoms with Crippen molar-refractivity contribution < 1.29 is 14.3 Å². The van der Waals surface area contributed by atoms with Crippen LogP contribution >= 0.6 is 15.9 Å². The minimum Gasteiger partial charge on any atom is -0.379 e. The molecule has 0 aromatic heterocycles. The number of morpholine rings is 1. The van der Waals surface area contributed by atoms with Gasteiger partial charge in [-0.15, -0.1) is 0 Å².